The van der Waals surface area contributed by atoms with E-state index in [9.17, 15) is 0 Å². The zero-order chi connectivity index (χ0) is 8.41. The molecule has 0 bridgehead atoms. The zero-order valence-corrected chi connectivity index (χ0v) is 7.35. The van der Waals surface area contributed by atoms with Crippen LogP contribution in [0.4, 0.5) is 0 Å². The highest BCUT2D eigenvalue weighted by atomic mass is 16.5. The van der Waals surface area contributed by atoms with Gasteiger partial charge >= 0.3 is 0 Å². The number of hydrogen-bond donors (Lipinski definition) is 0. The molecular weight excluding hydrogens is 126 g/mol. The van der Waals surface area contributed by atoms with Gasteiger partial charge in [-0.15, -0.1) is 6.58 Å². The molecule has 0 aromatic heterocycles. The second-order valence-electron chi connectivity index (χ2n) is 1.58. The quantitative estimate of drug-likeness (QED) is 0.313. The van der Waals surface area contributed by atoms with Gasteiger partial charge in [0, 0.05) is 14.0 Å². The standard InChI is InChI=1S/C5H11NO.C3H6/c1-4-7-5(2)6-3;1-3-2/h4H2,1-3H3;3H,1H2,2H3. The molecule has 0 heterocycles. The number of hydrogen-bond acceptors (Lipinski definition) is 2. The van der Waals surface area contributed by atoms with Gasteiger partial charge < -0.3 is 4.74 Å². The molecule has 0 amide bonds. The lowest BCUT2D eigenvalue weighted by molar-refractivity contribution is 0.324. The van der Waals surface area contributed by atoms with Crippen LogP contribution in [0.15, 0.2) is 17.6 Å². The lowest BCUT2D eigenvalue weighted by atomic mass is 10.7. The van der Waals surface area contributed by atoms with Crippen LogP contribution in [0, 0.1) is 0 Å². The highest BCUT2D eigenvalue weighted by Crippen LogP contribution is 1.76. The SMILES string of the molecule is C=CC.CCOC(C)=NC. The molecule has 0 radical (unpaired) electrons. The fourth-order valence-electron chi connectivity index (χ4n) is 0.273. The van der Waals surface area contributed by atoms with Crippen molar-refractivity contribution >= 4 is 5.90 Å². The third-order valence-electron chi connectivity index (χ3n) is 0.668. The molecule has 0 saturated heterocycles. The first-order chi connectivity index (χ1) is 4.72. The van der Waals surface area contributed by atoms with Crippen molar-refractivity contribution in [2.45, 2.75) is 20.8 Å². The minimum Gasteiger partial charge on any atom is -0.482 e. The maximum Gasteiger partial charge on any atom is 0.179 e. The van der Waals surface area contributed by atoms with Crippen LogP contribution in [0.3, 0.4) is 0 Å². The van der Waals surface area contributed by atoms with Gasteiger partial charge in [-0.05, 0) is 13.8 Å². The Morgan fingerprint density at radius 2 is 2.10 bits per heavy atom. The first kappa shape index (κ1) is 11.9. The Labute approximate surface area is 63.6 Å². The molecule has 0 rings (SSSR count). The van der Waals surface area contributed by atoms with E-state index < -0.39 is 0 Å². The van der Waals surface area contributed by atoms with Crippen LogP contribution in [0.25, 0.3) is 0 Å². The van der Waals surface area contributed by atoms with Gasteiger partial charge in [-0.3, -0.25) is 4.99 Å². The Morgan fingerprint density at radius 3 is 2.20 bits per heavy atom. The average Bonchev–Trinajstić information content (AvgIpc) is 1.90. The molecule has 2 heteroatoms. The summed E-state index contributed by atoms with van der Waals surface area (Å²) in [5.74, 6) is 0.752. The lowest BCUT2D eigenvalue weighted by Gasteiger charge is -1.96. The fraction of sp³-hybridized carbons (Fsp3) is 0.625. The monoisotopic (exact) mass is 143 g/mol. The summed E-state index contributed by atoms with van der Waals surface area (Å²) < 4.78 is 4.94. The van der Waals surface area contributed by atoms with E-state index in [1.807, 2.05) is 20.8 Å². The molecule has 0 atom stereocenters. The molecule has 2 nitrogen and oxygen atoms in total. The maximum absolute atomic E-state index is 4.94. The fourth-order valence-corrected chi connectivity index (χ4v) is 0.273. The number of nitrogens with zero attached hydrogens (tertiary/aromatic N) is 1. The lowest BCUT2D eigenvalue weighted by Crippen LogP contribution is -1.96. The average molecular weight is 143 g/mol. The number of rotatable bonds is 1. The molecule has 0 aliphatic carbocycles. The molecule has 0 unspecified atom stereocenters. The first-order valence-electron chi connectivity index (χ1n) is 3.36. The van der Waals surface area contributed by atoms with Crippen LogP contribution >= 0.6 is 0 Å². The van der Waals surface area contributed by atoms with Crippen molar-refractivity contribution in [3.63, 3.8) is 0 Å². The van der Waals surface area contributed by atoms with Crippen molar-refractivity contribution in [3.05, 3.63) is 12.7 Å². The summed E-state index contributed by atoms with van der Waals surface area (Å²) in [5.41, 5.74) is 0. The van der Waals surface area contributed by atoms with Gasteiger partial charge in [-0.25, -0.2) is 0 Å². The second-order valence-corrected chi connectivity index (χ2v) is 1.58. The first-order valence-corrected chi connectivity index (χ1v) is 3.36. The third-order valence-corrected chi connectivity index (χ3v) is 0.668. The van der Waals surface area contributed by atoms with Crippen LogP contribution in [0.1, 0.15) is 20.8 Å². The molecule has 0 aliphatic heterocycles. The topological polar surface area (TPSA) is 21.6 Å². The molecule has 0 aromatic carbocycles. The molecule has 0 spiro atoms. The van der Waals surface area contributed by atoms with Crippen molar-refractivity contribution in [2.75, 3.05) is 13.7 Å². The van der Waals surface area contributed by atoms with Gasteiger partial charge in [-0.2, -0.15) is 0 Å². The van der Waals surface area contributed by atoms with E-state index in [0.717, 1.165) is 5.90 Å². The van der Waals surface area contributed by atoms with Crippen LogP contribution in [0.5, 0.6) is 0 Å². The Kier molecular flexibility index (Phi) is 13.2. The largest absolute Gasteiger partial charge is 0.482 e. The van der Waals surface area contributed by atoms with Crippen molar-refractivity contribution < 1.29 is 4.74 Å². The maximum atomic E-state index is 4.94. The minimum absolute atomic E-state index is 0.711. The van der Waals surface area contributed by atoms with Gasteiger partial charge in [0.1, 0.15) is 0 Å². The normalized spacial score (nSPS) is 9.40. The van der Waals surface area contributed by atoms with Crippen molar-refractivity contribution in [2.24, 2.45) is 4.99 Å². The highest BCUT2D eigenvalue weighted by Gasteiger charge is 1.79. The summed E-state index contributed by atoms with van der Waals surface area (Å²) in [6, 6.07) is 0. The van der Waals surface area contributed by atoms with E-state index in [4.69, 9.17) is 4.74 Å². The Bertz CT molecular complexity index is 97.4. The van der Waals surface area contributed by atoms with Gasteiger partial charge in [0.15, 0.2) is 5.90 Å². The van der Waals surface area contributed by atoms with Crippen LogP contribution in [-0.4, -0.2) is 19.6 Å². The molecule has 10 heavy (non-hydrogen) atoms. The second kappa shape index (κ2) is 11.1. The van der Waals surface area contributed by atoms with Crippen molar-refractivity contribution in [3.8, 4) is 0 Å². The summed E-state index contributed by atoms with van der Waals surface area (Å²) in [4.78, 5) is 3.77. The van der Waals surface area contributed by atoms with E-state index in [-0.39, 0.29) is 0 Å². The molecule has 0 fully saturated rings. The summed E-state index contributed by atoms with van der Waals surface area (Å²) in [6.07, 6.45) is 1.75. The van der Waals surface area contributed by atoms with Gasteiger partial charge in [0.2, 0.25) is 0 Å². The Balaban J connectivity index is 0. The van der Waals surface area contributed by atoms with E-state index in [1.165, 1.54) is 0 Å². The summed E-state index contributed by atoms with van der Waals surface area (Å²) in [5, 5.41) is 0. The number of allylic oxidation sites excluding steroid dienone is 1. The van der Waals surface area contributed by atoms with Crippen LogP contribution in [0.2, 0.25) is 0 Å². The molecule has 0 aliphatic rings. The van der Waals surface area contributed by atoms with E-state index in [0.29, 0.717) is 6.61 Å². The zero-order valence-electron chi connectivity index (χ0n) is 7.35. The van der Waals surface area contributed by atoms with Gasteiger partial charge in [-0.1, -0.05) is 6.08 Å². The molecular formula is C8H17NO. The van der Waals surface area contributed by atoms with E-state index in [1.54, 1.807) is 13.1 Å². The minimum atomic E-state index is 0.711. The Hall–Kier alpha value is -0.790. The smallest absolute Gasteiger partial charge is 0.179 e. The summed E-state index contributed by atoms with van der Waals surface area (Å²) in [6.45, 7) is 9.74. The third kappa shape index (κ3) is 15.7. The van der Waals surface area contributed by atoms with E-state index >= 15 is 0 Å². The predicted molar refractivity (Wildman–Crippen MR) is 46.5 cm³/mol. The molecule has 0 saturated carbocycles. The van der Waals surface area contributed by atoms with Gasteiger partial charge in [0.25, 0.3) is 0 Å². The molecule has 0 aromatic rings. The number of ether oxygens (including phenoxy) is 1. The van der Waals surface area contributed by atoms with Crippen molar-refractivity contribution in [1.29, 1.82) is 0 Å². The van der Waals surface area contributed by atoms with Gasteiger partial charge in [0.05, 0.1) is 6.61 Å². The molecule has 60 valence electrons. The van der Waals surface area contributed by atoms with E-state index in [2.05, 4.69) is 11.6 Å². The predicted octanol–water partition coefficient (Wildman–Crippen LogP) is 2.26. The molecule has 0 N–H and O–H groups in total. The van der Waals surface area contributed by atoms with Crippen LogP contribution in [-0.2, 0) is 4.74 Å². The summed E-state index contributed by atoms with van der Waals surface area (Å²) in [7, 11) is 1.71. The number of aliphatic imine (C=N–C) groups is 1. The van der Waals surface area contributed by atoms with Crippen LogP contribution < -0.4 is 0 Å². The highest BCUT2D eigenvalue weighted by molar-refractivity contribution is 5.72. The summed E-state index contributed by atoms with van der Waals surface area (Å²) >= 11 is 0. The van der Waals surface area contributed by atoms with Crippen molar-refractivity contribution in [1.82, 2.24) is 0 Å². The Morgan fingerprint density at radius 1 is 1.70 bits per heavy atom.